The molecule has 0 aliphatic carbocycles. The molecule has 134 valence electrons. The summed E-state index contributed by atoms with van der Waals surface area (Å²) in [6.45, 7) is 7.85. The molecule has 0 amide bonds. The lowest BCUT2D eigenvalue weighted by Gasteiger charge is -2.12. The highest BCUT2D eigenvalue weighted by molar-refractivity contribution is 5.96. The van der Waals surface area contributed by atoms with Gasteiger partial charge in [-0.1, -0.05) is 37.8 Å². The maximum Gasteiger partial charge on any atom is 0.269 e. The van der Waals surface area contributed by atoms with Crippen molar-refractivity contribution in [1.29, 1.82) is 0 Å². The van der Waals surface area contributed by atoms with Gasteiger partial charge in [-0.15, -0.1) is 0 Å². The van der Waals surface area contributed by atoms with Gasteiger partial charge in [0.2, 0.25) is 0 Å². The third-order valence-electron chi connectivity index (χ3n) is 3.96. The molecule has 2 rings (SSSR count). The normalized spacial score (nSPS) is 11.9. The number of benzene rings is 2. The van der Waals surface area contributed by atoms with Crippen molar-refractivity contribution in [3.8, 4) is 0 Å². The van der Waals surface area contributed by atoms with Crippen molar-refractivity contribution < 1.29 is 9.72 Å². The predicted molar refractivity (Wildman–Crippen MR) is 106 cm³/mol. The molecule has 26 heavy (non-hydrogen) atoms. The topological polar surface area (TPSA) is 72.2 Å². The smallest absolute Gasteiger partial charge is 0.269 e. The molecular formula is C21H22N2O3. The van der Waals surface area contributed by atoms with E-state index in [1.54, 1.807) is 19.1 Å². The van der Waals surface area contributed by atoms with Crippen molar-refractivity contribution >= 4 is 29.3 Å². The Kier molecular flexibility index (Phi) is 6.44. The largest absolute Gasteiger partial charge is 0.384 e. The first-order valence-electron chi connectivity index (χ1n) is 8.33. The number of hydrogen-bond donors (Lipinski definition) is 1. The van der Waals surface area contributed by atoms with E-state index in [2.05, 4.69) is 11.9 Å². The van der Waals surface area contributed by atoms with Gasteiger partial charge in [-0.2, -0.15) is 0 Å². The second-order valence-corrected chi connectivity index (χ2v) is 6.23. The van der Waals surface area contributed by atoms with Crippen molar-refractivity contribution in [3.63, 3.8) is 0 Å². The molecule has 0 aliphatic rings. The first-order chi connectivity index (χ1) is 12.4. The third-order valence-corrected chi connectivity index (χ3v) is 3.96. The number of non-ortho nitro benzene ring substituents is 1. The highest BCUT2D eigenvalue weighted by Gasteiger charge is 2.12. The van der Waals surface area contributed by atoms with Gasteiger partial charge in [-0.05, 0) is 47.9 Å². The standard InChI is InChI=1S/C21H22N2O3/c1-15(2)21(24)16(3)14-22-19-10-6-17(7-11-19)4-5-18-8-12-20(13-9-18)23(25)26/h4-13,16,22H,1,14H2,2-3H3/b5-4+. The minimum Gasteiger partial charge on any atom is -0.384 e. The zero-order chi connectivity index (χ0) is 19.1. The van der Waals surface area contributed by atoms with Crippen molar-refractivity contribution in [2.24, 2.45) is 5.92 Å². The lowest BCUT2D eigenvalue weighted by molar-refractivity contribution is -0.384. The van der Waals surface area contributed by atoms with E-state index in [0.29, 0.717) is 12.1 Å². The van der Waals surface area contributed by atoms with Crippen LogP contribution < -0.4 is 5.32 Å². The van der Waals surface area contributed by atoms with Crippen molar-refractivity contribution in [3.05, 3.63) is 81.9 Å². The monoisotopic (exact) mass is 350 g/mol. The fourth-order valence-corrected chi connectivity index (χ4v) is 2.40. The zero-order valence-electron chi connectivity index (χ0n) is 14.9. The quantitative estimate of drug-likeness (QED) is 0.316. The molecule has 5 nitrogen and oxygen atoms in total. The average Bonchev–Trinajstić information content (AvgIpc) is 2.64. The summed E-state index contributed by atoms with van der Waals surface area (Å²) in [5.74, 6) is -0.0469. The van der Waals surface area contributed by atoms with E-state index in [9.17, 15) is 14.9 Å². The molecule has 0 heterocycles. The Morgan fingerprint density at radius 2 is 1.62 bits per heavy atom. The Morgan fingerprint density at radius 1 is 1.12 bits per heavy atom. The van der Waals surface area contributed by atoms with E-state index >= 15 is 0 Å². The summed E-state index contributed by atoms with van der Waals surface area (Å²) in [6.07, 6.45) is 3.85. The number of rotatable bonds is 8. The lowest BCUT2D eigenvalue weighted by Crippen LogP contribution is -2.20. The molecule has 0 bridgehead atoms. The summed E-state index contributed by atoms with van der Waals surface area (Å²) in [6, 6.07) is 14.2. The van der Waals surface area contributed by atoms with Crippen LogP contribution in [0.4, 0.5) is 11.4 Å². The number of carbonyl (C=O) groups is 1. The van der Waals surface area contributed by atoms with Crippen LogP contribution in [-0.2, 0) is 4.79 Å². The first-order valence-corrected chi connectivity index (χ1v) is 8.33. The Balaban J connectivity index is 1.93. The number of carbonyl (C=O) groups excluding carboxylic acids is 1. The molecule has 1 atom stereocenters. The maximum atomic E-state index is 11.8. The van der Waals surface area contributed by atoms with E-state index in [4.69, 9.17) is 0 Å². The van der Waals surface area contributed by atoms with E-state index < -0.39 is 4.92 Å². The summed E-state index contributed by atoms with van der Waals surface area (Å²) >= 11 is 0. The van der Waals surface area contributed by atoms with Crippen LogP contribution in [0.2, 0.25) is 0 Å². The molecule has 0 saturated carbocycles. The molecule has 1 N–H and O–H groups in total. The summed E-state index contributed by atoms with van der Waals surface area (Å²) in [5, 5.41) is 13.9. The van der Waals surface area contributed by atoms with Crippen molar-refractivity contribution in [1.82, 2.24) is 0 Å². The molecule has 2 aromatic rings. The molecule has 2 aromatic carbocycles. The molecule has 5 heteroatoms. The predicted octanol–water partition coefficient (Wildman–Crippen LogP) is 4.96. The van der Waals surface area contributed by atoms with Gasteiger partial charge in [0.15, 0.2) is 5.78 Å². The molecule has 1 unspecified atom stereocenters. The fraction of sp³-hybridized carbons (Fsp3) is 0.190. The Morgan fingerprint density at radius 3 is 2.08 bits per heavy atom. The molecule has 0 saturated heterocycles. The van der Waals surface area contributed by atoms with Crippen LogP contribution in [0.15, 0.2) is 60.7 Å². The van der Waals surface area contributed by atoms with Gasteiger partial charge in [0.25, 0.3) is 5.69 Å². The van der Waals surface area contributed by atoms with Gasteiger partial charge in [0, 0.05) is 30.3 Å². The number of nitro benzene ring substituents is 1. The van der Waals surface area contributed by atoms with Crippen molar-refractivity contribution in [2.75, 3.05) is 11.9 Å². The second kappa shape index (κ2) is 8.76. The van der Waals surface area contributed by atoms with Crippen LogP contribution >= 0.6 is 0 Å². The van der Waals surface area contributed by atoms with E-state index in [1.807, 2.05) is 43.3 Å². The number of ketones is 1. The van der Waals surface area contributed by atoms with Crippen LogP contribution in [-0.4, -0.2) is 17.3 Å². The van der Waals surface area contributed by atoms with Gasteiger partial charge < -0.3 is 5.32 Å². The van der Waals surface area contributed by atoms with Gasteiger partial charge >= 0.3 is 0 Å². The van der Waals surface area contributed by atoms with E-state index in [0.717, 1.165) is 16.8 Å². The van der Waals surface area contributed by atoms with Crippen molar-refractivity contribution in [2.45, 2.75) is 13.8 Å². The SMILES string of the molecule is C=C(C)C(=O)C(C)CNc1ccc(/C=C/c2ccc([N+](=O)[O-])cc2)cc1. The summed E-state index contributed by atoms with van der Waals surface area (Å²) < 4.78 is 0. The van der Waals surface area contributed by atoms with Crippen LogP contribution in [0.25, 0.3) is 12.2 Å². The Bertz CT molecular complexity index is 821. The molecule has 0 aromatic heterocycles. The van der Waals surface area contributed by atoms with E-state index in [-0.39, 0.29) is 17.4 Å². The molecule has 0 spiro atoms. The number of nitrogens with zero attached hydrogens (tertiary/aromatic N) is 1. The molecule has 0 radical (unpaired) electrons. The summed E-state index contributed by atoms with van der Waals surface area (Å²) in [4.78, 5) is 22.0. The van der Waals surface area contributed by atoms with Gasteiger partial charge in [0.1, 0.15) is 0 Å². The average molecular weight is 350 g/mol. The number of hydrogen-bond acceptors (Lipinski definition) is 4. The van der Waals surface area contributed by atoms with Gasteiger partial charge in [-0.25, -0.2) is 0 Å². The maximum absolute atomic E-state index is 11.8. The second-order valence-electron chi connectivity index (χ2n) is 6.23. The van der Waals surface area contributed by atoms with Gasteiger partial charge in [-0.3, -0.25) is 14.9 Å². The Labute approximate surface area is 153 Å². The molecular weight excluding hydrogens is 328 g/mol. The van der Waals surface area contributed by atoms with Crippen LogP contribution in [0.5, 0.6) is 0 Å². The summed E-state index contributed by atoms with van der Waals surface area (Å²) in [7, 11) is 0. The molecule has 0 fully saturated rings. The zero-order valence-corrected chi connectivity index (χ0v) is 14.9. The minimum absolute atomic E-state index is 0.0696. The van der Waals surface area contributed by atoms with E-state index in [1.165, 1.54) is 12.1 Å². The minimum atomic E-state index is -0.413. The fourth-order valence-electron chi connectivity index (χ4n) is 2.40. The summed E-state index contributed by atoms with van der Waals surface area (Å²) in [5.41, 5.74) is 3.51. The van der Waals surface area contributed by atoms with Crippen LogP contribution in [0, 0.1) is 16.0 Å². The first kappa shape index (κ1) is 19.1. The number of anilines is 1. The Hall–Kier alpha value is -3.21. The number of Topliss-reactive ketones (excluding diaryl/α,β-unsaturated/α-hetero) is 1. The third kappa shape index (κ3) is 5.41. The van der Waals surface area contributed by atoms with Crippen LogP contribution in [0.3, 0.4) is 0 Å². The van der Waals surface area contributed by atoms with Gasteiger partial charge in [0.05, 0.1) is 4.92 Å². The molecule has 0 aliphatic heterocycles. The number of nitrogens with one attached hydrogen (secondary N) is 1. The lowest BCUT2D eigenvalue weighted by atomic mass is 10.0. The number of allylic oxidation sites excluding steroid dienone is 1. The van der Waals surface area contributed by atoms with Crippen LogP contribution in [0.1, 0.15) is 25.0 Å². The highest BCUT2D eigenvalue weighted by Crippen LogP contribution is 2.16. The highest BCUT2D eigenvalue weighted by atomic mass is 16.6. The number of nitro groups is 1.